The molecule has 4 bridgehead atoms. The summed E-state index contributed by atoms with van der Waals surface area (Å²) in [6.07, 6.45) is 2.88. The van der Waals surface area contributed by atoms with Gasteiger partial charge < -0.3 is 43.9 Å². The maximum Gasteiger partial charge on any atom is 0.330 e. The number of esters is 1. The minimum atomic E-state index is -2.50. The summed E-state index contributed by atoms with van der Waals surface area (Å²) in [5.74, 6) is -7.60. The molecule has 1 aliphatic carbocycles. The van der Waals surface area contributed by atoms with Gasteiger partial charge in [-0.25, -0.2) is 4.79 Å². The number of methoxy groups -OCH3 is 3. The summed E-state index contributed by atoms with van der Waals surface area (Å²) in [4.78, 5) is 57.1. The summed E-state index contributed by atoms with van der Waals surface area (Å²) in [6, 6.07) is -1.15. The van der Waals surface area contributed by atoms with Crippen LogP contribution in [-0.4, -0.2) is 126 Å². The highest BCUT2D eigenvalue weighted by Gasteiger charge is 2.58. The van der Waals surface area contributed by atoms with Crippen molar-refractivity contribution in [3.63, 3.8) is 0 Å². The summed E-state index contributed by atoms with van der Waals surface area (Å²) < 4.78 is 29.6. The van der Waals surface area contributed by atoms with Crippen molar-refractivity contribution in [1.82, 2.24) is 4.90 Å². The van der Waals surface area contributed by atoms with Crippen LogP contribution in [0, 0.1) is 29.6 Å². The van der Waals surface area contributed by atoms with Gasteiger partial charge in [-0.3, -0.25) is 14.4 Å². The second-order valence-electron chi connectivity index (χ2n) is 16.4. The molecule has 5 rings (SSSR count). The van der Waals surface area contributed by atoms with Crippen LogP contribution in [0.25, 0.3) is 0 Å². The first-order valence-electron chi connectivity index (χ1n) is 19.4. The van der Waals surface area contributed by atoms with Gasteiger partial charge in [0, 0.05) is 58.5 Å². The van der Waals surface area contributed by atoms with E-state index in [0.717, 1.165) is 11.1 Å². The van der Waals surface area contributed by atoms with Gasteiger partial charge >= 0.3 is 5.97 Å². The number of hydrogen-bond acceptors (Lipinski definition) is 12. The topological polar surface area (TPSA) is 178 Å². The van der Waals surface area contributed by atoms with Gasteiger partial charge in [-0.1, -0.05) is 38.5 Å². The lowest BCUT2D eigenvalue weighted by Crippen LogP contribution is -2.66. The van der Waals surface area contributed by atoms with Crippen LogP contribution in [0.5, 0.6) is 0 Å². The van der Waals surface area contributed by atoms with Gasteiger partial charge in [0.25, 0.3) is 11.7 Å². The van der Waals surface area contributed by atoms with Crippen LogP contribution >= 0.6 is 0 Å². The van der Waals surface area contributed by atoms with E-state index in [-0.39, 0.29) is 49.5 Å². The van der Waals surface area contributed by atoms with E-state index in [9.17, 15) is 34.5 Å². The first-order valence-corrected chi connectivity index (χ1v) is 19.4. The molecule has 4 unspecified atom stereocenters. The third-order valence-electron chi connectivity index (χ3n) is 12.6. The Bertz CT molecular complexity index is 1410. The lowest BCUT2D eigenvalue weighted by atomic mass is 9.72. The molecule has 4 fully saturated rings. The molecule has 0 aromatic rings. The molecule has 1 amide bonds. The Balaban J connectivity index is 1.57. The standard InChI is InChI=1S/C40H61NO12/c1-21-10-12-26(42)20-30(44)24(4)35-28(18-25-11-13-29(43)31(19-25)49-5)27-9-8-14-41(34(27)39(47)52-35)38(46)37(45)40(48)23(3)17-33(51-7)36(53-40)32(50-6)16-22(2)15-21/h10,18,22-25,27,29-36,43-44,48H,8-9,11-17,19-20H2,1-7H3/b21-10+,28-18+/t22-,23+,24-,25?,27?,29-,30-,31+,32+,33-,34-,35+,36?,40?/m0/s1. The number of allylic oxidation sites excluding steroid dienone is 3. The lowest BCUT2D eigenvalue weighted by molar-refractivity contribution is -0.302. The monoisotopic (exact) mass is 747 g/mol. The average molecular weight is 748 g/mol. The van der Waals surface area contributed by atoms with Crippen molar-refractivity contribution in [2.24, 2.45) is 29.6 Å². The van der Waals surface area contributed by atoms with Gasteiger partial charge in [0.05, 0.1) is 30.5 Å². The van der Waals surface area contributed by atoms with Crippen molar-refractivity contribution in [3.8, 4) is 0 Å². The third-order valence-corrected chi connectivity index (χ3v) is 12.6. The summed E-state index contributed by atoms with van der Waals surface area (Å²) in [7, 11) is 4.61. The molecule has 13 nitrogen and oxygen atoms in total. The Hall–Kier alpha value is -2.52. The van der Waals surface area contributed by atoms with E-state index < -0.39 is 83.9 Å². The van der Waals surface area contributed by atoms with E-state index in [1.165, 1.54) is 19.1 Å². The molecule has 0 spiro atoms. The number of ether oxygens (including phenoxy) is 5. The van der Waals surface area contributed by atoms with Crippen molar-refractivity contribution in [3.05, 3.63) is 23.3 Å². The Kier molecular flexibility index (Phi) is 13.8. The molecular weight excluding hydrogens is 686 g/mol. The van der Waals surface area contributed by atoms with E-state index in [4.69, 9.17) is 23.7 Å². The number of amides is 1. The number of hydrogen-bond donors (Lipinski definition) is 3. The average Bonchev–Trinajstić information content (AvgIpc) is 3.14. The van der Waals surface area contributed by atoms with Crippen molar-refractivity contribution in [2.75, 3.05) is 27.9 Å². The van der Waals surface area contributed by atoms with E-state index in [1.807, 2.05) is 26.0 Å². The molecular formula is C40H61NO12. The Morgan fingerprint density at radius 3 is 2.25 bits per heavy atom. The van der Waals surface area contributed by atoms with Crippen LogP contribution in [0.2, 0.25) is 0 Å². The Morgan fingerprint density at radius 1 is 0.887 bits per heavy atom. The molecule has 298 valence electrons. The normalized spacial score (nSPS) is 44.3. The van der Waals surface area contributed by atoms with Crippen molar-refractivity contribution in [1.29, 1.82) is 0 Å². The fourth-order valence-electron chi connectivity index (χ4n) is 9.41. The first kappa shape index (κ1) is 41.6. The van der Waals surface area contributed by atoms with Gasteiger partial charge in [0.1, 0.15) is 24.0 Å². The molecule has 13 heteroatoms. The number of aliphatic hydroxyl groups is 3. The van der Waals surface area contributed by atoms with E-state index in [1.54, 1.807) is 21.0 Å². The molecule has 5 aliphatic rings. The maximum absolute atomic E-state index is 14.3. The van der Waals surface area contributed by atoms with Crippen LogP contribution in [-0.2, 0) is 42.9 Å². The van der Waals surface area contributed by atoms with Crippen molar-refractivity contribution in [2.45, 2.75) is 146 Å². The number of Topliss-reactive ketones (excluding diaryl/α,β-unsaturated/α-hetero) is 2. The first-order chi connectivity index (χ1) is 25.1. The van der Waals surface area contributed by atoms with Crippen molar-refractivity contribution >= 4 is 23.4 Å². The quantitative estimate of drug-likeness (QED) is 0.218. The summed E-state index contributed by atoms with van der Waals surface area (Å²) in [5, 5.41) is 34.0. The number of carbonyl (C=O) groups excluding carboxylic acids is 4. The smallest absolute Gasteiger partial charge is 0.330 e. The maximum atomic E-state index is 14.3. The summed E-state index contributed by atoms with van der Waals surface area (Å²) in [6.45, 7) is 7.46. The predicted molar refractivity (Wildman–Crippen MR) is 192 cm³/mol. The molecule has 0 aromatic heterocycles. The zero-order valence-electron chi connectivity index (χ0n) is 32.4. The lowest BCUT2D eigenvalue weighted by Gasteiger charge is -2.49. The molecule has 0 radical (unpaired) electrons. The molecule has 1 saturated carbocycles. The van der Waals surface area contributed by atoms with E-state index >= 15 is 0 Å². The van der Waals surface area contributed by atoms with Crippen LogP contribution in [0.1, 0.15) is 91.9 Å². The number of nitrogens with zero attached hydrogens (tertiary/aromatic N) is 1. The van der Waals surface area contributed by atoms with Crippen molar-refractivity contribution < 1.29 is 58.2 Å². The predicted octanol–water partition coefficient (Wildman–Crippen LogP) is 3.06. The SMILES string of the molecule is CO[C@H]1C[C@@H](C)C2(O)OC1[C@H](OC)C[C@@H](C)C/C(C)=C/CC(=O)C[C@H](O)[C@H](C)[C@H]1OC(=O)[C@@H]3C(CCCN3C(=O)C2=O)/C1=C\C1CC[C@H](O)[C@H](OC)C1. The van der Waals surface area contributed by atoms with Gasteiger partial charge in [-0.05, 0) is 75.7 Å². The third kappa shape index (κ3) is 8.82. The second-order valence-corrected chi connectivity index (χ2v) is 16.4. The number of aliphatic hydroxyl groups excluding tert-OH is 2. The minimum Gasteiger partial charge on any atom is -0.456 e. The minimum absolute atomic E-state index is 0.0535. The van der Waals surface area contributed by atoms with E-state index in [0.29, 0.717) is 44.9 Å². The highest BCUT2D eigenvalue weighted by atomic mass is 16.7. The number of piperidine rings is 1. The van der Waals surface area contributed by atoms with E-state index in [2.05, 4.69) is 0 Å². The summed E-state index contributed by atoms with van der Waals surface area (Å²) in [5.41, 5.74) is 1.70. The molecule has 0 aromatic carbocycles. The molecule has 14 atom stereocenters. The Morgan fingerprint density at radius 2 is 1.57 bits per heavy atom. The zero-order chi connectivity index (χ0) is 38.8. The fourth-order valence-corrected chi connectivity index (χ4v) is 9.41. The van der Waals surface area contributed by atoms with Crippen LogP contribution in [0.4, 0.5) is 0 Å². The fraction of sp³-hybridized carbons (Fsp3) is 0.800. The largest absolute Gasteiger partial charge is 0.456 e. The molecule has 4 aliphatic heterocycles. The molecule has 3 N–H and O–H groups in total. The number of carbonyl (C=O) groups is 4. The number of rotatable bonds is 4. The van der Waals surface area contributed by atoms with Gasteiger partial charge in [0.15, 0.2) is 0 Å². The zero-order valence-corrected chi connectivity index (χ0v) is 32.4. The van der Waals surface area contributed by atoms with Crippen LogP contribution in [0.15, 0.2) is 23.3 Å². The summed E-state index contributed by atoms with van der Waals surface area (Å²) >= 11 is 0. The number of ketones is 2. The molecule has 4 heterocycles. The second kappa shape index (κ2) is 17.5. The van der Waals surface area contributed by atoms with Gasteiger partial charge in [-0.15, -0.1) is 0 Å². The highest BCUT2D eigenvalue weighted by Crippen LogP contribution is 2.44. The highest BCUT2D eigenvalue weighted by molar-refractivity contribution is 6.39. The molecule has 53 heavy (non-hydrogen) atoms. The number of fused-ring (bicyclic) bond motifs is 4. The van der Waals surface area contributed by atoms with Crippen LogP contribution in [0.3, 0.4) is 0 Å². The van der Waals surface area contributed by atoms with Gasteiger partial charge in [0.2, 0.25) is 5.79 Å². The molecule has 3 saturated heterocycles. The van der Waals surface area contributed by atoms with Gasteiger partial charge in [-0.2, -0.15) is 0 Å². The van der Waals surface area contributed by atoms with Crippen LogP contribution < -0.4 is 0 Å². The Labute approximate surface area is 313 Å².